The molecule has 0 aromatic heterocycles. The molecule has 0 bridgehead atoms. The van der Waals surface area contributed by atoms with E-state index in [1.54, 1.807) is 7.11 Å². The molecule has 0 heterocycles. The first-order valence-electron chi connectivity index (χ1n) is 6.66. The van der Waals surface area contributed by atoms with Crippen LogP contribution < -0.4 is 4.74 Å². The van der Waals surface area contributed by atoms with Crippen LogP contribution in [0.2, 0.25) is 0 Å². The van der Waals surface area contributed by atoms with E-state index >= 15 is 0 Å². The predicted molar refractivity (Wildman–Crippen MR) is 78.6 cm³/mol. The Balaban J connectivity index is 3.23. The quantitative estimate of drug-likeness (QED) is 0.814. The molecule has 104 valence electrons. The van der Waals surface area contributed by atoms with E-state index in [4.69, 9.17) is 4.74 Å². The SMILES string of the molecule is COc1ccc(C(C)C)cc1C(C)C(C#N)N(C)C. The van der Waals surface area contributed by atoms with E-state index in [0.29, 0.717) is 5.92 Å². The van der Waals surface area contributed by atoms with Crippen LogP contribution in [0.25, 0.3) is 0 Å². The zero-order valence-corrected chi connectivity index (χ0v) is 12.8. The van der Waals surface area contributed by atoms with E-state index in [-0.39, 0.29) is 12.0 Å². The van der Waals surface area contributed by atoms with Crippen molar-refractivity contribution in [2.24, 2.45) is 0 Å². The minimum absolute atomic E-state index is 0.105. The molecule has 1 rings (SSSR count). The summed E-state index contributed by atoms with van der Waals surface area (Å²) in [4.78, 5) is 1.95. The Labute approximate surface area is 116 Å². The summed E-state index contributed by atoms with van der Waals surface area (Å²) in [7, 11) is 5.55. The number of methoxy groups -OCH3 is 1. The van der Waals surface area contributed by atoms with Gasteiger partial charge >= 0.3 is 0 Å². The molecule has 0 saturated heterocycles. The summed E-state index contributed by atoms with van der Waals surface area (Å²) >= 11 is 0. The van der Waals surface area contributed by atoms with Gasteiger partial charge in [-0.25, -0.2) is 0 Å². The second kappa shape index (κ2) is 6.58. The van der Waals surface area contributed by atoms with Crippen LogP contribution >= 0.6 is 0 Å². The van der Waals surface area contributed by atoms with Crippen LogP contribution in [-0.4, -0.2) is 32.1 Å². The lowest BCUT2D eigenvalue weighted by molar-refractivity contribution is 0.310. The van der Waals surface area contributed by atoms with Crippen LogP contribution in [0.15, 0.2) is 18.2 Å². The minimum Gasteiger partial charge on any atom is -0.496 e. The van der Waals surface area contributed by atoms with Crippen LogP contribution in [-0.2, 0) is 0 Å². The van der Waals surface area contributed by atoms with E-state index in [2.05, 4.69) is 39.0 Å². The summed E-state index contributed by atoms with van der Waals surface area (Å²) in [6.07, 6.45) is 0. The summed E-state index contributed by atoms with van der Waals surface area (Å²) in [5.74, 6) is 1.43. The molecule has 2 atom stereocenters. The van der Waals surface area contributed by atoms with Crippen molar-refractivity contribution in [3.8, 4) is 11.8 Å². The lowest BCUT2D eigenvalue weighted by Crippen LogP contribution is -2.31. The number of nitrogens with zero attached hydrogens (tertiary/aromatic N) is 2. The summed E-state index contributed by atoms with van der Waals surface area (Å²) in [6, 6.07) is 8.48. The van der Waals surface area contributed by atoms with Crippen LogP contribution in [0.4, 0.5) is 0 Å². The fourth-order valence-electron chi connectivity index (χ4n) is 2.31. The van der Waals surface area contributed by atoms with Gasteiger partial charge in [-0.3, -0.25) is 4.90 Å². The van der Waals surface area contributed by atoms with Gasteiger partial charge in [0.15, 0.2) is 0 Å². The third-order valence-corrected chi connectivity index (χ3v) is 3.57. The largest absolute Gasteiger partial charge is 0.496 e. The van der Waals surface area contributed by atoms with Crippen molar-refractivity contribution in [3.05, 3.63) is 29.3 Å². The Morgan fingerprint density at radius 2 is 1.84 bits per heavy atom. The molecule has 0 aliphatic heterocycles. The van der Waals surface area contributed by atoms with Crippen molar-refractivity contribution in [2.45, 2.75) is 38.6 Å². The maximum Gasteiger partial charge on any atom is 0.122 e. The molecule has 3 nitrogen and oxygen atoms in total. The van der Waals surface area contributed by atoms with E-state index in [1.807, 2.05) is 25.1 Å². The van der Waals surface area contributed by atoms with Gasteiger partial charge in [0.05, 0.1) is 13.2 Å². The highest BCUT2D eigenvalue weighted by atomic mass is 16.5. The number of ether oxygens (including phenoxy) is 1. The van der Waals surface area contributed by atoms with Crippen molar-refractivity contribution < 1.29 is 4.74 Å². The average molecular weight is 260 g/mol. The smallest absolute Gasteiger partial charge is 0.122 e. The van der Waals surface area contributed by atoms with Gasteiger partial charge in [-0.2, -0.15) is 5.26 Å². The molecule has 0 radical (unpaired) electrons. The van der Waals surface area contributed by atoms with Gasteiger partial charge in [0.1, 0.15) is 11.8 Å². The van der Waals surface area contributed by atoms with Crippen molar-refractivity contribution in [1.29, 1.82) is 5.26 Å². The highest BCUT2D eigenvalue weighted by Gasteiger charge is 2.24. The molecule has 0 fully saturated rings. The maximum absolute atomic E-state index is 9.34. The molecule has 1 aromatic rings. The first-order chi connectivity index (χ1) is 8.92. The van der Waals surface area contributed by atoms with Gasteiger partial charge in [-0.05, 0) is 37.2 Å². The van der Waals surface area contributed by atoms with Crippen molar-refractivity contribution in [2.75, 3.05) is 21.2 Å². The molecular formula is C16H24N2O. The first kappa shape index (κ1) is 15.5. The second-order valence-electron chi connectivity index (χ2n) is 5.48. The van der Waals surface area contributed by atoms with Gasteiger partial charge in [0.2, 0.25) is 0 Å². The van der Waals surface area contributed by atoms with Gasteiger partial charge in [0, 0.05) is 5.92 Å². The number of hydrogen-bond donors (Lipinski definition) is 0. The van der Waals surface area contributed by atoms with Gasteiger partial charge in [-0.15, -0.1) is 0 Å². The Bertz CT molecular complexity index is 460. The van der Waals surface area contributed by atoms with E-state index in [1.165, 1.54) is 5.56 Å². The Hall–Kier alpha value is -1.53. The van der Waals surface area contributed by atoms with E-state index in [0.717, 1.165) is 11.3 Å². The molecule has 0 saturated carbocycles. The molecule has 1 aromatic carbocycles. The van der Waals surface area contributed by atoms with Gasteiger partial charge in [-0.1, -0.05) is 32.9 Å². The van der Waals surface area contributed by atoms with Crippen LogP contribution in [0.5, 0.6) is 5.75 Å². The molecule has 3 heteroatoms. The molecule has 2 unspecified atom stereocenters. The van der Waals surface area contributed by atoms with E-state index in [9.17, 15) is 5.26 Å². The van der Waals surface area contributed by atoms with Crippen LogP contribution in [0, 0.1) is 11.3 Å². The summed E-state index contributed by atoms with van der Waals surface area (Å²) in [5, 5.41) is 9.34. The fourth-order valence-corrected chi connectivity index (χ4v) is 2.31. The monoisotopic (exact) mass is 260 g/mol. The third-order valence-electron chi connectivity index (χ3n) is 3.57. The predicted octanol–water partition coefficient (Wildman–Crippen LogP) is 3.38. The Kier molecular flexibility index (Phi) is 5.38. The standard InChI is InChI=1S/C16H24N2O/c1-11(2)13-7-8-16(19-6)14(9-13)12(3)15(10-17)18(4)5/h7-9,11-12,15H,1-6H3. The Morgan fingerprint density at radius 3 is 2.26 bits per heavy atom. The molecule has 0 N–H and O–H groups in total. The van der Waals surface area contributed by atoms with Gasteiger partial charge in [0.25, 0.3) is 0 Å². The molecule has 0 amide bonds. The topological polar surface area (TPSA) is 36.3 Å². The highest BCUT2D eigenvalue weighted by molar-refractivity contribution is 5.42. The highest BCUT2D eigenvalue weighted by Crippen LogP contribution is 2.32. The summed E-state index contributed by atoms with van der Waals surface area (Å²) < 4.78 is 5.45. The van der Waals surface area contributed by atoms with Crippen LogP contribution in [0.1, 0.15) is 43.7 Å². The summed E-state index contributed by atoms with van der Waals surface area (Å²) in [5.41, 5.74) is 2.38. The van der Waals surface area contributed by atoms with Gasteiger partial charge < -0.3 is 4.74 Å². The zero-order chi connectivity index (χ0) is 14.6. The lowest BCUT2D eigenvalue weighted by atomic mass is 9.89. The van der Waals surface area contributed by atoms with E-state index < -0.39 is 0 Å². The number of likely N-dealkylation sites (N-methyl/N-ethyl adjacent to an activating group) is 1. The lowest BCUT2D eigenvalue weighted by Gasteiger charge is -2.26. The third kappa shape index (κ3) is 3.48. The second-order valence-corrected chi connectivity index (χ2v) is 5.48. The van der Waals surface area contributed by atoms with Crippen molar-refractivity contribution in [1.82, 2.24) is 4.90 Å². The number of nitriles is 1. The molecular weight excluding hydrogens is 236 g/mol. The fraction of sp³-hybridized carbons (Fsp3) is 0.562. The molecule has 19 heavy (non-hydrogen) atoms. The first-order valence-corrected chi connectivity index (χ1v) is 6.66. The molecule has 0 aliphatic carbocycles. The number of benzene rings is 1. The molecule has 0 spiro atoms. The van der Waals surface area contributed by atoms with Crippen molar-refractivity contribution in [3.63, 3.8) is 0 Å². The number of rotatable bonds is 5. The Morgan fingerprint density at radius 1 is 1.21 bits per heavy atom. The summed E-state index contributed by atoms with van der Waals surface area (Å²) in [6.45, 7) is 6.42. The number of hydrogen-bond acceptors (Lipinski definition) is 3. The minimum atomic E-state index is -0.156. The zero-order valence-electron chi connectivity index (χ0n) is 12.8. The molecule has 0 aliphatic rings. The maximum atomic E-state index is 9.34. The van der Waals surface area contributed by atoms with Crippen LogP contribution in [0.3, 0.4) is 0 Å². The average Bonchev–Trinajstić information content (AvgIpc) is 2.38. The van der Waals surface area contributed by atoms with Crippen molar-refractivity contribution >= 4 is 0 Å². The normalized spacial score (nSPS) is 14.3.